The number of carbonyl (C=O) groups is 1. The van der Waals surface area contributed by atoms with Crippen LogP contribution in [0.4, 0.5) is 0 Å². The third-order valence-electron chi connectivity index (χ3n) is 1.73. The third kappa shape index (κ3) is 3.72. The first-order chi connectivity index (χ1) is 5.83. The maximum Gasteiger partial charge on any atom is 0.220 e. The van der Waals surface area contributed by atoms with Gasteiger partial charge in [-0.1, -0.05) is 34.9 Å². The van der Waals surface area contributed by atoms with Gasteiger partial charge in [-0.05, 0) is 12.8 Å². The molecule has 0 aromatic heterocycles. The number of carbonyl (C=O) groups excluding carboxylic acids is 1. The van der Waals surface area contributed by atoms with Gasteiger partial charge in [-0.3, -0.25) is 4.79 Å². The van der Waals surface area contributed by atoms with E-state index in [9.17, 15) is 4.79 Å². The van der Waals surface area contributed by atoms with Crippen LogP contribution in [0.1, 0.15) is 32.6 Å². The summed E-state index contributed by atoms with van der Waals surface area (Å²) in [5, 5.41) is 3.39. The molecule has 1 unspecified atom stereocenters. The Morgan fingerprint density at radius 2 is 2.50 bits per heavy atom. The maximum atomic E-state index is 11.2. The largest absolute Gasteiger partial charge is 0.343 e. The number of nitrogens with one attached hydrogen (secondary N) is 1. The molecule has 0 spiro atoms. The van der Waals surface area contributed by atoms with Crippen LogP contribution in [-0.2, 0) is 4.79 Å². The van der Waals surface area contributed by atoms with Crippen molar-refractivity contribution in [2.45, 2.75) is 38.0 Å². The first kappa shape index (κ1) is 10.3. The van der Waals surface area contributed by atoms with Crippen molar-refractivity contribution in [2.75, 3.05) is 5.75 Å². The highest BCUT2D eigenvalue weighted by Crippen LogP contribution is 2.35. The zero-order valence-electron chi connectivity index (χ0n) is 7.34. The van der Waals surface area contributed by atoms with Gasteiger partial charge < -0.3 is 5.32 Å². The Hall–Kier alpha value is 0.170. The fourth-order valence-electron chi connectivity index (χ4n) is 1.02. The van der Waals surface area contributed by atoms with E-state index >= 15 is 0 Å². The minimum Gasteiger partial charge on any atom is -0.343 e. The molecule has 0 aromatic rings. The smallest absolute Gasteiger partial charge is 0.220 e. The topological polar surface area (TPSA) is 29.1 Å². The molecule has 1 aliphatic rings. The average Bonchev–Trinajstić information content (AvgIpc) is 2.53. The van der Waals surface area contributed by atoms with Crippen LogP contribution in [0, 0.1) is 0 Å². The molecule has 1 N–H and O–H groups in total. The van der Waals surface area contributed by atoms with Crippen LogP contribution in [-0.4, -0.2) is 17.0 Å². The van der Waals surface area contributed by atoms with Gasteiger partial charge in [0.25, 0.3) is 0 Å². The molecule has 0 aliphatic carbocycles. The van der Waals surface area contributed by atoms with Crippen LogP contribution >= 0.6 is 21.6 Å². The van der Waals surface area contributed by atoms with Crippen LogP contribution in [0.15, 0.2) is 0 Å². The van der Waals surface area contributed by atoms with Crippen molar-refractivity contribution in [1.82, 2.24) is 5.32 Å². The molecule has 1 saturated heterocycles. The SMILES string of the molecule is CCCCC(=O)NC1CCSS1. The summed E-state index contributed by atoms with van der Waals surface area (Å²) in [6.07, 6.45) is 3.92. The molecule has 0 bridgehead atoms. The Kier molecular flexibility index (Phi) is 4.92. The van der Waals surface area contributed by atoms with Gasteiger partial charge in [-0.25, -0.2) is 0 Å². The monoisotopic (exact) mass is 205 g/mol. The molecule has 0 radical (unpaired) electrons. The van der Waals surface area contributed by atoms with E-state index in [0.29, 0.717) is 11.8 Å². The summed E-state index contributed by atoms with van der Waals surface area (Å²) in [5.74, 6) is 1.39. The Morgan fingerprint density at radius 3 is 3.08 bits per heavy atom. The van der Waals surface area contributed by atoms with Crippen LogP contribution in [0.25, 0.3) is 0 Å². The van der Waals surface area contributed by atoms with Gasteiger partial charge in [0.15, 0.2) is 0 Å². The fourth-order valence-corrected chi connectivity index (χ4v) is 3.66. The lowest BCUT2D eigenvalue weighted by atomic mass is 10.2. The molecule has 12 heavy (non-hydrogen) atoms. The second-order valence-corrected chi connectivity index (χ2v) is 5.56. The summed E-state index contributed by atoms with van der Waals surface area (Å²) >= 11 is 0. The molecule has 2 nitrogen and oxygen atoms in total. The van der Waals surface area contributed by atoms with E-state index in [4.69, 9.17) is 0 Å². The predicted octanol–water partition coefficient (Wildman–Crippen LogP) is 2.40. The molecule has 4 heteroatoms. The molecular formula is C8H15NOS2. The molecule has 1 aliphatic heterocycles. The quantitative estimate of drug-likeness (QED) is 0.715. The van der Waals surface area contributed by atoms with Crippen LogP contribution in [0.2, 0.25) is 0 Å². The van der Waals surface area contributed by atoms with E-state index in [-0.39, 0.29) is 5.91 Å². The first-order valence-corrected chi connectivity index (χ1v) is 6.78. The Balaban J connectivity index is 2.08. The normalized spacial score (nSPS) is 22.6. The van der Waals surface area contributed by atoms with Crippen molar-refractivity contribution >= 4 is 27.5 Å². The molecule has 1 atom stereocenters. The second-order valence-electron chi connectivity index (χ2n) is 2.87. The third-order valence-corrected chi connectivity index (χ3v) is 4.46. The Morgan fingerprint density at radius 1 is 1.67 bits per heavy atom. The van der Waals surface area contributed by atoms with Crippen molar-refractivity contribution in [3.8, 4) is 0 Å². The zero-order valence-corrected chi connectivity index (χ0v) is 8.97. The van der Waals surface area contributed by atoms with E-state index in [0.717, 1.165) is 19.3 Å². The second kappa shape index (κ2) is 5.75. The van der Waals surface area contributed by atoms with Gasteiger partial charge in [0.1, 0.15) is 0 Å². The summed E-state index contributed by atoms with van der Waals surface area (Å²) < 4.78 is 0. The molecule has 70 valence electrons. The lowest BCUT2D eigenvalue weighted by Crippen LogP contribution is -2.30. The number of amides is 1. The van der Waals surface area contributed by atoms with Gasteiger partial charge in [0.2, 0.25) is 5.91 Å². The predicted molar refractivity (Wildman–Crippen MR) is 56.1 cm³/mol. The van der Waals surface area contributed by atoms with E-state index in [2.05, 4.69) is 12.2 Å². The number of unbranched alkanes of at least 4 members (excludes halogenated alkanes) is 1. The minimum atomic E-state index is 0.219. The summed E-state index contributed by atoms with van der Waals surface area (Å²) in [6.45, 7) is 2.10. The molecule has 1 fully saturated rings. The van der Waals surface area contributed by atoms with E-state index < -0.39 is 0 Å². The molecule has 0 aromatic carbocycles. The summed E-state index contributed by atoms with van der Waals surface area (Å²) in [5.41, 5.74) is 0. The van der Waals surface area contributed by atoms with Crippen LogP contribution in [0.3, 0.4) is 0 Å². The standard InChI is InChI=1S/C8H15NOS2/c1-2-3-4-7(10)9-8-5-6-11-12-8/h8H,2-6H2,1H3,(H,9,10). The lowest BCUT2D eigenvalue weighted by molar-refractivity contribution is -0.121. The van der Waals surface area contributed by atoms with Gasteiger partial charge in [-0.15, -0.1) is 0 Å². The summed E-state index contributed by atoms with van der Waals surface area (Å²) in [7, 11) is 3.64. The molecular weight excluding hydrogens is 190 g/mol. The Labute approximate surface area is 81.6 Å². The zero-order chi connectivity index (χ0) is 8.81. The van der Waals surface area contributed by atoms with Crippen LogP contribution in [0.5, 0.6) is 0 Å². The van der Waals surface area contributed by atoms with E-state index in [1.54, 1.807) is 10.8 Å². The highest BCUT2D eigenvalue weighted by Gasteiger charge is 2.17. The number of hydrogen-bond donors (Lipinski definition) is 1. The van der Waals surface area contributed by atoms with E-state index in [1.165, 1.54) is 5.75 Å². The summed E-state index contributed by atoms with van der Waals surface area (Å²) in [4.78, 5) is 11.2. The Bertz CT molecular complexity index is 146. The van der Waals surface area contributed by atoms with Gasteiger partial charge in [0, 0.05) is 12.2 Å². The molecule has 1 heterocycles. The number of hydrogen-bond acceptors (Lipinski definition) is 3. The van der Waals surface area contributed by atoms with Crippen molar-refractivity contribution in [3.63, 3.8) is 0 Å². The molecule has 0 saturated carbocycles. The van der Waals surface area contributed by atoms with Crippen molar-refractivity contribution in [1.29, 1.82) is 0 Å². The summed E-state index contributed by atoms with van der Waals surface area (Å²) in [6, 6.07) is 0. The van der Waals surface area contributed by atoms with Gasteiger partial charge in [-0.2, -0.15) is 0 Å². The van der Waals surface area contributed by atoms with Crippen molar-refractivity contribution < 1.29 is 4.79 Å². The van der Waals surface area contributed by atoms with Gasteiger partial charge in [0.05, 0.1) is 5.37 Å². The van der Waals surface area contributed by atoms with Crippen LogP contribution < -0.4 is 5.32 Å². The molecule has 1 amide bonds. The fraction of sp³-hybridized carbons (Fsp3) is 0.875. The minimum absolute atomic E-state index is 0.219. The number of rotatable bonds is 4. The van der Waals surface area contributed by atoms with E-state index in [1.807, 2.05) is 10.8 Å². The van der Waals surface area contributed by atoms with Crippen molar-refractivity contribution in [3.05, 3.63) is 0 Å². The van der Waals surface area contributed by atoms with Crippen molar-refractivity contribution in [2.24, 2.45) is 0 Å². The maximum absolute atomic E-state index is 11.2. The highest BCUT2D eigenvalue weighted by atomic mass is 33.1. The first-order valence-electron chi connectivity index (χ1n) is 4.40. The lowest BCUT2D eigenvalue weighted by Gasteiger charge is -2.09. The molecule has 1 rings (SSSR count). The average molecular weight is 205 g/mol. The highest BCUT2D eigenvalue weighted by molar-refractivity contribution is 8.77. The van der Waals surface area contributed by atoms with Gasteiger partial charge >= 0.3 is 0 Å².